The van der Waals surface area contributed by atoms with Gasteiger partial charge in [0.1, 0.15) is 0 Å². The molecule has 12 heavy (non-hydrogen) atoms. The second-order valence-electron chi connectivity index (χ2n) is 5.22. The zero-order valence-corrected chi connectivity index (χ0v) is 7.72. The molecule has 0 radical (unpaired) electrons. The van der Waals surface area contributed by atoms with E-state index in [1.165, 1.54) is 25.7 Å². The minimum atomic E-state index is 0.247. The van der Waals surface area contributed by atoms with Gasteiger partial charge < -0.3 is 5.73 Å². The van der Waals surface area contributed by atoms with Crippen LogP contribution in [-0.4, -0.2) is 5.54 Å². The van der Waals surface area contributed by atoms with Gasteiger partial charge in [0, 0.05) is 5.54 Å². The molecule has 0 spiro atoms. The SMILES string of the molecule is CC1C=C2C[C@]3(N)CC(C1)CC23. The Morgan fingerprint density at radius 2 is 2.33 bits per heavy atom. The lowest BCUT2D eigenvalue weighted by atomic mass is 9.64. The molecule has 1 heteroatoms. The van der Waals surface area contributed by atoms with Crippen molar-refractivity contribution in [3.05, 3.63) is 11.6 Å². The highest BCUT2D eigenvalue weighted by molar-refractivity contribution is 5.33. The van der Waals surface area contributed by atoms with Crippen LogP contribution in [0, 0.1) is 17.8 Å². The van der Waals surface area contributed by atoms with E-state index in [0.717, 1.165) is 17.8 Å². The zero-order chi connectivity index (χ0) is 8.34. The molecule has 0 heterocycles. The van der Waals surface area contributed by atoms with Gasteiger partial charge >= 0.3 is 0 Å². The average molecular weight is 163 g/mol. The van der Waals surface area contributed by atoms with Gasteiger partial charge in [-0.25, -0.2) is 0 Å². The number of nitrogens with two attached hydrogens (primary N) is 1. The Hall–Kier alpha value is -0.300. The van der Waals surface area contributed by atoms with E-state index in [4.69, 9.17) is 5.73 Å². The van der Waals surface area contributed by atoms with Crippen LogP contribution in [0.1, 0.15) is 32.6 Å². The number of fused-ring (bicyclic) bond motifs is 1. The molecule has 0 saturated heterocycles. The zero-order valence-electron chi connectivity index (χ0n) is 7.72. The molecule has 1 nitrogen and oxygen atoms in total. The standard InChI is InChI=1S/C11H17N/c1-7-2-8-4-10-9(3-7)6-11(10,12)5-8/h3,7-8,10H,2,4-6,12H2,1H3/t7?,8?,10?,11-/m1/s1. The summed E-state index contributed by atoms with van der Waals surface area (Å²) in [6, 6.07) is 0. The van der Waals surface area contributed by atoms with Gasteiger partial charge in [0.25, 0.3) is 0 Å². The molecule has 2 bridgehead atoms. The van der Waals surface area contributed by atoms with Crippen molar-refractivity contribution in [2.75, 3.05) is 0 Å². The number of hydrogen-bond acceptors (Lipinski definition) is 1. The van der Waals surface area contributed by atoms with Gasteiger partial charge in [-0.3, -0.25) is 0 Å². The average Bonchev–Trinajstić information content (AvgIpc) is 2.09. The van der Waals surface area contributed by atoms with E-state index in [1.807, 2.05) is 0 Å². The highest BCUT2D eigenvalue weighted by Crippen LogP contribution is 2.58. The summed E-state index contributed by atoms with van der Waals surface area (Å²) in [7, 11) is 0. The lowest BCUT2D eigenvalue weighted by molar-refractivity contribution is 0.248. The first-order valence-corrected chi connectivity index (χ1v) is 5.17. The Morgan fingerprint density at radius 1 is 1.50 bits per heavy atom. The van der Waals surface area contributed by atoms with Crippen LogP contribution in [-0.2, 0) is 0 Å². The minimum absolute atomic E-state index is 0.247. The summed E-state index contributed by atoms with van der Waals surface area (Å²) < 4.78 is 0. The molecule has 3 unspecified atom stereocenters. The van der Waals surface area contributed by atoms with Gasteiger partial charge in [0.15, 0.2) is 0 Å². The fourth-order valence-electron chi connectivity index (χ4n) is 3.73. The summed E-state index contributed by atoms with van der Waals surface area (Å²) in [5.41, 5.74) is 8.23. The number of rotatable bonds is 0. The normalized spacial score (nSPS) is 55.8. The molecule has 2 saturated carbocycles. The van der Waals surface area contributed by atoms with E-state index >= 15 is 0 Å². The van der Waals surface area contributed by atoms with E-state index in [-0.39, 0.29) is 5.54 Å². The van der Waals surface area contributed by atoms with Crippen LogP contribution < -0.4 is 5.73 Å². The fourth-order valence-corrected chi connectivity index (χ4v) is 3.73. The van der Waals surface area contributed by atoms with Gasteiger partial charge in [0.2, 0.25) is 0 Å². The third kappa shape index (κ3) is 0.731. The van der Waals surface area contributed by atoms with Gasteiger partial charge in [-0.05, 0) is 43.4 Å². The molecular weight excluding hydrogens is 146 g/mol. The second kappa shape index (κ2) is 1.95. The van der Waals surface area contributed by atoms with Crippen molar-refractivity contribution in [1.82, 2.24) is 0 Å². The van der Waals surface area contributed by atoms with Crippen LogP contribution in [0.15, 0.2) is 11.6 Å². The number of hydrogen-bond donors (Lipinski definition) is 1. The Morgan fingerprint density at radius 3 is 3.17 bits per heavy atom. The summed E-state index contributed by atoms with van der Waals surface area (Å²) in [4.78, 5) is 0. The molecule has 0 amide bonds. The molecule has 3 aliphatic carbocycles. The maximum atomic E-state index is 6.30. The molecule has 3 rings (SSSR count). The largest absolute Gasteiger partial charge is 0.324 e. The lowest BCUT2D eigenvalue weighted by Crippen LogP contribution is -2.53. The van der Waals surface area contributed by atoms with Gasteiger partial charge in [-0.1, -0.05) is 18.6 Å². The van der Waals surface area contributed by atoms with Crippen molar-refractivity contribution in [1.29, 1.82) is 0 Å². The fraction of sp³-hybridized carbons (Fsp3) is 0.818. The van der Waals surface area contributed by atoms with E-state index in [2.05, 4.69) is 13.0 Å². The first-order chi connectivity index (χ1) is 5.67. The molecule has 0 aromatic carbocycles. The van der Waals surface area contributed by atoms with Crippen LogP contribution in [0.3, 0.4) is 0 Å². The maximum Gasteiger partial charge on any atom is 0.0260 e. The Bertz CT molecular complexity index is 256. The summed E-state index contributed by atoms with van der Waals surface area (Å²) in [5, 5.41) is 0. The predicted octanol–water partition coefficient (Wildman–Crippen LogP) is 2.08. The smallest absolute Gasteiger partial charge is 0.0260 e. The quantitative estimate of drug-likeness (QED) is 0.544. The van der Waals surface area contributed by atoms with Crippen molar-refractivity contribution in [2.24, 2.45) is 23.5 Å². The van der Waals surface area contributed by atoms with E-state index in [0.29, 0.717) is 0 Å². The maximum absolute atomic E-state index is 6.30. The van der Waals surface area contributed by atoms with Crippen LogP contribution in [0.25, 0.3) is 0 Å². The molecule has 2 N–H and O–H groups in total. The highest BCUT2D eigenvalue weighted by Gasteiger charge is 2.54. The van der Waals surface area contributed by atoms with E-state index < -0.39 is 0 Å². The van der Waals surface area contributed by atoms with Crippen molar-refractivity contribution < 1.29 is 0 Å². The molecule has 4 atom stereocenters. The Kier molecular flexibility index (Phi) is 1.16. The summed E-state index contributed by atoms with van der Waals surface area (Å²) in [6.45, 7) is 2.35. The van der Waals surface area contributed by atoms with Crippen molar-refractivity contribution in [3.63, 3.8) is 0 Å². The Labute approximate surface area is 74.0 Å². The van der Waals surface area contributed by atoms with E-state index in [1.54, 1.807) is 5.57 Å². The second-order valence-corrected chi connectivity index (χ2v) is 5.22. The first kappa shape index (κ1) is 7.14. The molecule has 66 valence electrons. The molecule has 2 fully saturated rings. The summed E-state index contributed by atoms with van der Waals surface area (Å²) in [5.74, 6) is 2.54. The van der Waals surface area contributed by atoms with Crippen molar-refractivity contribution in [3.8, 4) is 0 Å². The number of allylic oxidation sites excluding steroid dienone is 1. The predicted molar refractivity (Wildman–Crippen MR) is 49.6 cm³/mol. The van der Waals surface area contributed by atoms with Crippen molar-refractivity contribution in [2.45, 2.75) is 38.1 Å². The van der Waals surface area contributed by atoms with Crippen molar-refractivity contribution >= 4 is 0 Å². The third-order valence-electron chi connectivity index (χ3n) is 4.12. The third-order valence-corrected chi connectivity index (χ3v) is 4.12. The molecular formula is C11H17N. The molecule has 0 aromatic heterocycles. The van der Waals surface area contributed by atoms with Crippen LogP contribution >= 0.6 is 0 Å². The monoisotopic (exact) mass is 163 g/mol. The highest BCUT2D eigenvalue weighted by atomic mass is 14.8. The van der Waals surface area contributed by atoms with Gasteiger partial charge in [0.05, 0.1) is 0 Å². The van der Waals surface area contributed by atoms with Crippen LogP contribution in [0.2, 0.25) is 0 Å². The van der Waals surface area contributed by atoms with Gasteiger partial charge in [-0.15, -0.1) is 0 Å². The first-order valence-electron chi connectivity index (χ1n) is 5.17. The molecule has 0 aromatic rings. The summed E-state index contributed by atoms with van der Waals surface area (Å²) >= 11 is 0. The summed E-state index contributed by atoms with van der Waals surface area (Å²) in [6.07, 6.45) is 7.79. The molecule has 0 aliphatic heterocycles. The lowest BCUT2D eigenvalue weighted by Gasteiger charge is -2.45. The molecule has 3 aliphatic rings. The van der Waals surface area contributed by atoms with E-state index in [9.17, 15) is 0 Å². The van der Waals surface area contributed by atoms with Crippen LogP contribution in [0.4, 0.5) is 0 Å². The van der Waals surface area contributed by atoms with Crippen LogP contribution in [0.5, 0.6) is 0 Å². The minimum Gasteiger partial charge on any atom is -0.324 e. The Balaban J connectivity index is 2.00. The topological polar surface area (TPSA) is 26.0 Å². The van der Waals surface area contributed by atoms with Gasteiger partial charge in [-0.2, -0.15) is 0 Å².